The highest BCUT2D eigenvalue weighted by Crippen LogP contribution is 2.33. The number of rotatable bonds is 6. The van der Waals surface area contributed by atoms with Gasteiger partial charge >= 0.3 is 5.97 Å². The molecular formula is C21H22FNO3. The molecule has 2 atom stereocenters. The van der Waals surface area contributed by atoms with Crippen LogP contribution in [0, 0.1) is 17.7 Å². The summed E-state index contributed by atoms with van der Waals surface area (Å²) in [6, 6.07) is 15.8. The van der Waals surface area contributed by atoms with Crippen molar-refractivity contribution in [2.24, 2.45) is 11.8 Å². The number of carboxylic acid groups (broad SMARTS) is 1. The van der Waals surface area contributed by atoms with E-state index in [9.17, 15) is 19.1 Å². The Hall–Kier alpha value is -2.69. The second kappa shape index (κ2) is 8.13. The minimum absolute atomic E-state index is 0.0260. The molecule has 1 aliphatic rings. The minimum atomic E-state index is -0.826. The summed E-state index contributed by atoms with van der Waals surface area (Å²) in [7, 11) is 0. The Morgan fingerprint density at radius 2 is 1.50 bits per heavy atom. The van der Waals surface area contributed by atoms with Crippen molar-refractivity contribution in [1.82, 2.24) is 4.90 Å². The predicted octanol–water partition coefficient (Wildman–Crippen LogP) is 3.86. The molecule has 0 saturated heterocycles. The third-order valence-corrected chi connectivity index (χ3v) is 4.95. The van der Waals surface area contributed by atoms with Crippen LogP contribution in [-0.4, -0.2) is 21.9 Å². The van der Waals surface area contributed by atoms with Crippen LogP contribution < -0.4 is 0 Å². The topological polar surface area (TPSA) is 57.6 Å². The maximum absolute atomic E-state index is 13.2. The predicted molar refractivity (Wildman–Crippen MR) is 95.6 cm³/mol. The molecule has 26 heavy (non-hydrogen) atoms. The van der Waals surface area contributed by atoms with E-state index < -0.39 is 11.9 Å². The molecule has 2 aromatic carbocycles. The van der Waals surface area contributed by atoms with Gasteiger partial charge in [0.1, 0.15) is 5.82 Å². The molecule has 4 nitrogen and oxygen atoms in total. The van der Waals surface area contributed by atoms with Crippen LogP contribution in [0.3, 0.4) is 0 Å². The minimum Gasteiger partial charge on any atom is -0.481 e. The van der Waals surface area contributed by atoms with Crippen LogP contribution in [0.5, 0.6) is 0 Å². The zero-order valence-electron chi connectivity index (χ0n) is 14.5. The van der Waals surface area contributed by atoms with Crippen molar-refractivity contribution in [3.8, 4) is 0 Å². The molecule has 5 heteroatoms. The molecule has 1 fully saturated rings. The maximum Gasteiger partial charge on any atom is 0.306 e. The van der Waals surface area contributed by atoms with E-state index in [1.54, 1.807) is 17.0 Å². The van der Waals surface area contributed by atoms with Gasteiger partial charge in [0.2, 0.25) is 5.91 Å². The lowest BCUT2D eigenvalue weighted by atomic mass is 10.0. The number of hydrogen-bond donors (Lipinski definition) is 1. The first-order chi connectivity index (χ1) is 12.5. The second-order valence-electron chi connectivity index (χ2n) is 6.85. The van der Waals surface area contributed by atoms with Crippen molar-refractivity contribution >= 4 is 11.9 Å². The van der Waals surface area contributed by atoms with Crippen molar-refractivity contribution in [2.45, 2.75) is 32.4 Å². The molecule has 0 aliphatic heterocycles. The Kier molecular flexibility index (Phi) is 5.66. The van der Waals surface area contributed by atoms with Gasteiger partial charge in [0, 0.05) is 19.0 Å². The van der Waals surface area contributed by atoms with Gasteiger partial charge in [0.15, 0.2) is 0 Å². The van der Waals surface area contributed by atoms with Gasteiger partial charge in [-0.1, -0.05) is 42.5 Å². The fourth-order valence-electron chi connectivity index (χ4n) is 3.51. The van der Waals surface area contributed by atoms with Crippen LogP contribution in [0.4, 0.5) is 4.39 Å². The molecule has 1 N–H and O–H groups in total. The highest BCUT2D eigenvalue weighted by Gasteiger charge is 2.35. The Balaban J connectivity index is 1.76. The van der Waals surface area contributed by atoms with E-state index in [2.05, 4.69) is 0 Å². The summed E-state index contributed by atoms with van der Waals surface area (Å²) in [5.41, 5.74) is 1.86. The third-order valence-electron chi connectivity index (χ3n) is 4.95. The molecular weight excluding hydrogens is 333 g/mol. The van der Waals surface area contributed by atoms with Crippen LogP contribution in [0.1, 0.15) is 30.4 Å². The zero-order chi connectivity index (χ0) is 18.5. The van der Waals surface area contributed by atoms with Crippen LogP contribution in [0.25, 0.3) is 0 Å². The lowest BCUT2D eigenvalue weighted by molar-refractivity contribution is -0.141. The highest BCUT2D eigenvalue weighted by molar-refractivity contribution is 5.81. The maximum atomic E-state index is 13.2. The van der Waals surface area contributed by atoms with Crippen molar-refractivity contribution in [1.29, 1.82) is 0 Å². The quantitative estimate of drug-likeness (QED) is 0.856. The standard InChI is InChI=1S/C21H22FNO3/c22-19-10-6-16(7-11-19)14-23(13-15-4-2-1-3-5-15)20(24)17-8-9-18(12-17)21(25)26/h1-7,10-11,17-18H,8-9,12-14H2,(H,25,26)/t17-,18+/m0/s1. The first-order valence-corrected chi connectivity index (χ1v) is 8.83. The summed E-state index contributed by atoms with van der Waals surface area (Å²) < 4.78 is 13.2. The molecule has 1 aliphatic carbocycles. The fourth-order valence-corrected chi connectivity index (χ4v) is 3.51. The van der Waals surface area contributed by atoms with Crippen LogP contribution in [0.15, 0.2) is 54.6 Å². The number of nitrogens with zero attached hydrogens (tertiary/aromatic N) is 1. The summed E-state index contributed by atoms with van der Waals surface area (Å²) in [5.74, 6) is -1.86. The molecule has 0 spiro atoms. The monoisotopic (exact) mass is 355 g/mol. The number of carbonyl (C=O) groups excluding carboxylic acids is 1. The normalized spacial score (nSPS) is 19.3. The highest BCUT2D eigenvalue weighted by atomic mass is 19.1. The van der Waals surface area contributed by atoms with Crippen LogP contribution in [-0.2, 0) is 22.7 Å². The molecule has 136 valence electrons. The van der Waals surface area contributed by atoms with E-state index in [-0.39, 0.29) is 17.6 Å². The lowest BCUT2D eigenvalue weighted by Gasteiger charge is -2.26. The molecule has 1 amide bonds. The average molecular weight is 355 g/mol. The summed E-state index contributed by atoms with van der Waals surface area (Å²) in [4.78, 5) is 26.0. The Labute approximate surface area is 152 Å². The van der Waals surface area contributed by atoms with E-state index in [0.29, 0.717) is 32.4 Å². The molecule has 0 heterocycles. The molecule has 0 bridgehead atoms. The van der Waals surface area contributed by atoms with Crippen molar-refractivity contribution < 1.29 is 19.1 Å². The number of aliphatic carboxylic acids is 1. The van der Waals surface area contributed by atoms with E-state index in [1.807, 2.05) is 30.3 Å². The Bertz CT molecular complexity index is 761. The zero-order valence-corrected chi connectivity index (χ0v) is 14.5. The first-order valence-electron chi connectivity index (χ1n) is 8.83. The van der Waals surface area contributed by atoms with Gasteiger partial charge in [-0.25, -0.2) is 4.39 Å². The summed E-state index contributed by atoms with van der Waals surface area (Å²) >= 11 is 0. The third kappa shape index (κ3) is 4.48. The van der Waals surface area contributed by atoms with E-state index in [0.717, 1.165) is 11.1 Å². The average Bonchev–Trinajstić information content (AvgIpc) is 3.14. The van der Waals surface area contributed by atoms with Crippen molar-refractivity contribution in [3.05, 3.63) is 71.5 Å². The van der Waals surface area contributed by atoms with E-state index in [4.69, 9.17) is 0 Å². The lowest BCUT2D eigenvalue weighted by Crippen LogP contribution is -2.34. The summed E-state index contributed by atoms with van der Waals surface area (Å²) in [6.45, 7) is 0.827. The second-order valence-corrected chi connectivity index (χ2v) is 6.85. The molecule has 2 aromatic rings. The molecule has 3 rings (SSSR count). The molecule has 0 unspecified atom stereocenters. The smallest absolute Gasteiger partial charge is 0.306 e. The van der Waals surface area contributed by atoms with Gasteiger partial charge in [0.25, 0.3) is 0 Å². The van der Waals surface area contributed by atoms with Crippen LogP contribution >= 0.6 is 0 Å². The Morgan fingerprint density at radius 3 is 2.08 bits per heavy atom. The number of amides is 1. The van der Waals surface area contributed by atoms with Gasteiger partial charge in [-0.2, -0.15) is 0 Å². The summed E-state index contributed by atoms with van der Waals surface area (Å²) in [6.07, 6.45) is 1.54. The molecule has 0 radical (unpaired) electrons. The number of hydrogen-bond acceptors (Lipinski definition) is 2. The van der Waals surface area contributed by atoms with E-state index in [1.165, 1.54) is 12.1 Å². The van der Waals surface area contributed by atoms with Crippen molar-refractivity contribution in [2.75, 3.05) is 0 Å². The van der Waals surface area contributed by atoms with Gasteiger partial charge in [-0.3, -0.25) is 9.59 Å². The molecule has 1 saturated carbocycles. The van der Waals surface area contributed by atoms with Gasteiger partial charge in [-0.05, 0) is 42.5 Å². The molecule has 0 aromatic heterocycles. The van der Waals surface area contributed by atoms with E-state index >= 15 is 0 Å². The fraction of sp³-hybridized carbons (Fsp3) is 0.333. The first kappa shape index (κ1) is 18.1. The van der Waals surface area contributed by atoms with Crippen molar-refractivity contribution in [3.63, 3.8) is 0 Å². The number of carboxylic acids is 1. The SMILES string of the molecule is O=C(O)[C@@H]1CC[C@H](C(=O)N(Cc2ccccc2)Cc2ccc(F)cc2)C1. The van der Waals surface area contributed by atoms with Crippen LogP contribution in [0.2, 0.25) is 0 Å². The number of halogens is 1. The number of carbonyl (C=O) groups is 2. The van der Waals surface area contributed by atoms with Gasteiger partial charge in [0.05, 0.1) is 5.92 Å². The van der Waals surface area contributed by atoms with Gasteiger partial charge < -0.3 is 10.0 Å². The largest absolute Gasteiger partial charge is 0.481 e. The Morgan fingerprint density at radius 1 is 0.923 bits per heavy atom. The number of benzene rings is 2. The summed E-state index contributed by atoms with van der Waals surface area (Å²) in [5, 5.41) is 9.19. The van der Waals surface area contributed by atoms with Gasteiger partial charge in [-0.15, -0.1) is 0 Å².